The van der Waals surface area contributed by atoms with E-state index in [9.17, 15) is 23.1 Å². The van der Waals surface area contributed by atoms with E-state index in [0.29, 0.717) is 42.1 Å². The van der Waals surface area contributed by atoms with Gasteiger partial charge < -0.3 is 10.4 Å². The zero-order valence-corrected chi connectivity index (χ0v) is 19.0. The average Bonchev–Trinajstić information content (AvgIpc) is 3.03. The summed E-state index contributed by atoms with van der Waals surface area (Å²) >= 11 is 0. The van der Waals surface area contributed by atoms with Crippen LogP contribution in [0, 0.1) is 28.6 Å². The third-order valence-corrected chi connectivity index (χ3v) is 10.1. The summed E-state index contributed by atoms with van der Waals surface area (Å²) in [5, 5.41) is 14.3. The number of nitrogens with one attached hydrogen (secondary N) is 1. The molecule has 5 rings (SSSR count). The average molecular weight is 450 g/mol. The van der Waals surface area contributed by atoms with Gasteiger partial charge in [0.2, 0.25) is 0 Å². The van der Waals surface area contributed by atoms with Crippen LogP contribution in [0.5, 0.6) is 0 Å². The number of aliphatic hydroxyl groups is 1. The first kappa shape index (κ1) is 22.2. The smallest absolute Gasteiger partial charge is 0.393 e. The van der Waals surface area contributed by atoms with Crippen LogP contribution in [-0.4, -0.2) is 22.5 Å². The molecule has 4 fully saturated rings. The number of fused-ring (bicyclic) bond motifs is 5. The van der Waals surface area contributed by atoms with E-state index in [1.807, 2.05) is 0 Å². The molecule has 0 amide bonds. The molecule has 4 aliphatic carbocycles. The quantitative estimate of drug-likeness (QED) is 0.564. The third kappa shape index (κ3) is 3.15. The number of hydrogen-bond donors (Lipinski definition) is 2. The van der Waals surface area contributed by atoms with E-state index in [4.69, 9.17) is 0 Å². The number of rotatable bonds is 2. The first-order chi connectivity index (χ1) is 15.0. The molecule has 0 spiro atoms. The minimum Gasteiger partial charge on any atom is -0.393 e. The lowest BCUT2D eigenvalue weighted by Crippen LogP contribution is -2.66. The fourth-order valence-electron chi connectivity index (χ4n) is 8.31. The van der Waals surface area contributed by atoms with Gasteiger partial charge in [-0.3, -0.25) is 4.79 Å². The number of alkyl halides is 3. The van der Waals surface area contributed by atoms with Crippen molar-refractivity contribution >= 4 is 11.5 Å². The first-order valence-corrected chi connectivity index (χ1v) is 12.2. The van der Waals surface area contributed by atoms with Gasteiger partial charge in [-0.2, -0.15) is 13.2 Å². The van der Waals surface area contributed by atoms with Crippen LogP contribution in [0.2, 0.25) is 0 Å². The monoisotopic (exact) mass is 449 g/mol. The number of anilines is 1. The number of hydrogen-bond acceptors (Lipinski definition) is 3. The van der Waals surface area contributed by atoms with Gasteiger partial charge in [-0.15, -0.1) is 0 Å². The molecule has 0 bridgehead atoms. The molecule has 1 aromatic rings. The summed E-state index contributed by atoms with van der Waals surface area (Å²) < 4.78 is 39.1. The van der Waals surface area contributed by atoms with Crippen molar-refractivity contribution in [2.45, 2.75) is 89.5 Å². The van der Waals surface area contributed by atoms with Crippen molar-refractivity contribution in [1.82, 2.24) is 0 Å². The van der Waals surface area contributed by atoms with Gasteiger partial charge in [0.1, 0.15) is 5.78 Å². The Morgan fingerprint density at radius 2 is 1.69 bits per heavy atom. The van der Waals surface area contributed by atoms with E-state index in [2.05, 4.69) is 19.2 Å². The molecule has 1 aromatic carbocycles. The van der Waals surface area contributed by atoms with Gasteiger partial charge in [0.15, 0.2) is 0 Å². The molecule has 176 valence electrons. The lowest BCUT2D eigenvalue weighted by Gasteiger charge is -2.65. The van der Waals surface area contributed by atoms with Crippen LogP contribution < -0.4 is 5.32 Å². The number of carbonyl (C=O) groups excluding carboxylic acids is 1. The van der Waals surface area contributed by atoms with Gasteiger partial charge in [0.25, 0.3) is 0 Å². The van der Waals surface area contributed by atoms with E-state index < -0.39 is 17.8 Å². The highest BCUT2D eigenvalue weighted by Gasteiger charge is 2.64. The summed E-state index contributed by atoms with van der Waals surface area (Å²) in [7, 11) is 0. The predicted octanol–water partition coefficient (Wildman–Crippen LogP) is 6.21. The van der Waals surface area contributed by atoms with Crippen molar-refractivity contribution in [2.75, 3.05) is 5.32 Å². The van der Waals surface area contributed by atoms with E-state index in [1.165, 1.54) is 12.1 Å². The highest BCUT2D eigenvalue weighted by molar-refractivity contribution is 5.87. The van der Waals surface area contributed by atoms with Gasteiger partial charge in [-0.25, -0.2) is 0 Å². The van der Waals surface area contributed by atoms with Crippen LogP contribution in [0.25, 0.3) is 0 Å². The van der Waals surface area contributed by atoms with Gasteiger partial charge in [0, 0.05) is 23.1 Å². The lowest BCUT2D eigenvalue weighted by molar-refractivity contribution is -0.144. The summed E-state index contributed by atoms with van der Waals surface area (Å²) in [5.41, 5.74) is -0.541. The van der Waals surface area contributed by atoms with Gasteiger partial charge in [-0.05, 0) is 98.8 Å². The minimum absolute atomic E-state index is 0.0647. The second-order valence-corrected chi connectivity index (χ2v) is 11.4. The first-order valence-electron chi connectivity index (χ1n) is 12.2. The fraction of sp³-hybridized carbons (Fsp3) is 0.731. The molecule has 0 unspecified atom stereocenters. The Bertz CT molecular complexity index is 899. The molecule has 7 atom stereocenters. The maximum Gasteiger partial charge on any atom is 0.416 e. The van der Waals surface area contributed by atoms with Crippen molar-refractivity contribution in [3.63, 3.8) is 0 Å². The molecule has 2 N–H and O–H groups in total. The van der Waals surface area contributed by atoms with E-state index >= 15 is 0 Å². The SMILES string of the molecule is C[C@]12CC[C@H]3[C@@H](CC[C@@]4(Nc5ccc(C(F)(F)F)cc5)C[C@@H](O)CC[C@]34C)[C@@H]1CCC2=O. The van der Waals surface area contributed by atoms with Crippen molar-refractivity contribution in [1.29, 1.82) is 0 Å². The predicted molar refractivity (Wildman–Crippen MR) is 117 cm³/mol. The molecule has 0 aromatic heterocycles. The number of ketones is 1. The highest BCUT2D eigenvalue weighted by atomic mass is 19.4. The van der Waals surface area contributed by atoms with Gasteiger partial charge >= 0.3 is 6.18 Å². The Morgan fingerprint density at radius 3 is 2.38 bits per heavy atom. The van der Waals surface area contributed by atoms with Crippen LogP contribution >= 0.6 is 0 Å². The Hall–Kier alpha value is -1.56. The number of aliphatic hydroxyl groups excluding tert-OH is 1. The van der Waals surface area contributed by atoms with E-state index in [0.717, 1.165) is 57.1 Å². The molecule has 4 aliphatic rings. The summed E-state index contributed by atoms with van der Waals surface area (Å²) in [6.45, 7) is 4.52. The van der Waals surface area contributed by atoms with Crippen molar-refractivity contribution < 1.29 is 23.1 Å². The second-order valence-electron chi connectivity index (χ2n) is 11.4. The second kappa shape index (κ2) is 7.22. The zero-order chi connectivity index (χ0) is 22.9. The molecule has 0 aliphatic heterocycles. The third-order valence-electron chi connectivity index (χ3n) is 10.1. The number of carbonyl (C=O) groups is 1. The Labute approximate surface area is 188 Å². The molecule has 6 heteroatoms. The molecule has 0 saturated heterocycles. The van der Waals surface area contributed by atoms with Crippen LogP contribution in [0.3, 0.4) is 0 Å². The molecular formula is C26H34F3NO2. The highest BCUT2D eigenvalue weighted by Crippen LogP contribution is 2.67. The van der Waals surface area contributed by atoms with Crippen LogP contribution in [-0.2, 0) is 11.0 Å². The van der Waals surface area contributed by atoms with Crippen LogP contribution in [0.15, 0.2) is 24.3 Å². The Morgan fingerprint density at radius 1 is 0.969 bits per heavy atom. The maximum atomic E-state index is 13.0. The topological polar surface area (TPSA) is 49.3 Å². The summed E-state index contributed by atoms with van der Waals surface area (Å²) in [6, 6.07) is 5.33. The minimum atomic E-state index is -4.35. The summed E-state index contributed by atoms with van der Waals surface area (Å²) in [6.07, 6.45) is 3.08. The Balaban J connectivity index is 1.47. The van der Waals surface area contributed by atoms with Crippen molar-refractivity contribution in [3.8, 4) is 0 Å². The summed E-state index contributed by atoms with van der Waals surface area (Å²) in [4.78, 5) is 12.7. The standard InChI is InChI=1S/C26H34F3NO2/c1-23-12-11-21-19(20(23)7-8-22(23)32)10-14-25(15-18(31)9-13-24(21,25)2)30-17-5-3-16(4-6-17)26(27,28)29/h3-6,18-21,30-31H,7-15H2,1-2H3/t18-,19-,20-,21-,23-,24+,25+/m0/s1. The normalized spacial score (nSPS) is 43.9. The lowest BCUT2D eigenvalue weighted by atomic mass is 9.42. The van der Waals surface area contributed by atoms with E-state index in [-0.39, 0.29) is 16.4 Å². The van der Waals surface area contributed by atoms with Gasteiger partial charge in [0.05, 0.1) is 11.7 Å². The zero-order valence-electron chi connectivity index (χ0n) is 19.0. The molecule has 32 heavy (non-hydrogen) atoms. The Kier molecular flexibility index (Phi) is 5.02. The molecule has 0 heterocycles. The van der Waals surface area contributed by atoms with Gasteiger partial charge in [-0.1, -0.05) is 13.8 Å². The van der Waals surface area contributed by atoms with Crippen LogP contribution in [0.1, 0.15) is 77.2 Å². The van der Waals surface area contributed by atoms with Crippen molar-refractivity contribution in [3.05, 3.63) is 29.8 Å². The van der Waals surface area contributed by atoms with E-state index in [1.54, 1.807) is 0 Å². The number of benzene rings is 1. The molecule has 0 radical (unpaired) electrons. The number of halogens is 3. The molecular weight excluding hydrogens is 415 g/mol. The van der Waals surface area contributed by atoms with Crippen LogP contribution in [0.4, 0.5) is 18.9 Å². The fourth-order valence-corrected chi connectivity index (χ4v) is 8.31. The molecule has 3 nitrogen and oxygen atoms in total. The number of Topliss-reactive ketones (excluding diaryl/α,β-unsaturated/α-hetero) is 1. The molecule has 4 saturated carbocycles. The van der Waals surface area contributed by atoms with Crippen molar-refractivity contribution in [2.24, 2.45) is 28.6 Å². The maximum absolute atomic E-state index is 13.0. The largest absolute Gasteiger partial charge is 0.416 e. The summed E-state index contributed by atoms with van der Waals surface area (Å²) in [5.74, 6) is 1.86.